The summed E-state index contributed by atoms with van der Waals surface area (Å²) in [6, 6.07) is 20.1. The fraction of sp³-hybridized carbons (Fsp3) is 0.447. The molecule has 334 valence electrons. The summed E-state index contributed by atoms with van der Waals surface area (Å²) in [5.74, 6) is -7.49. The van der Waals surface area contributed by atoms with Crippen molar-refractivity contribution >= 4 is 35.6 Å². The Kier molecular flexibility index (Phi) is 11.9. The summed E-state index contributed by atoms with van der Waals surface area (Å²) in [7, 11) is 0. The van der Waals surface area contributed by atoms with Gasteiger partial charge in [-0.15, -0.1) is 0 Å². The fourth-order valence-electron chi connectivity index (χ4n) is 10.2. The van der Waals surface area contributed by atoms with Gasteiger partial charge in [0.25, 0.3) is 5.91 Å². The Balaban J connectivity index is 1.39. The second-order valence-corrected chi connectivity index (χ2v) is 17.5. The zero-order chi connectivity index (χ0) is 45.8. The molecule has 16 heteroatoms. The van der Waals surface area contributed by atoms with Gasteiger partial charge in [0.15, 0.2) is 23.6 Å². The van der Waals surface area contributed by atoms with E-state index in [0.717, 1.165) is 19.9 Å². The lowest BCUT2D eigenvalue weighted by molar-refractivity contribution is -0.346. The van der Waals surface area contributed by atoms with Crippen LogP contribution in [0, 0.1) is 16.7 Å². The van der Waals surface area contributed by atoms with E-state index in [4.69, 9.17) is 23.7 Å². The number of carbonyl (C=O) groups is 6. The van der Waals surface area contributed by atoms with Gasteiger partial charge in [-0.05, 0) is 60.9 Å². The molecule has 2 bridgehead atoms. The minimum absolute atomic E-state index is 0.0421. The number of Topliss-reactive ketones (excluding diaryl/α,β-unsaturated/α-hetero) is 1. The van der Waals surface area contributed by atoms with E-state index < -0.39 is 113 Å². The van der Waals surface area contributed by atoms with Crippen LogP contribution in [0.4, 0.5) is 0 Å². The highest BCUT2D eigenvalue weighted by atomic mass is 16.6. The average Bonchev–Trinajstić information content (AvgIpc) is 3.23. The topological polar surface area (TPSA) is 242 Å². The highest BCUT2D eigenvalue weighted by molar-refractivity contribution is 5.96. The number of fused-ring (bicyclic) bond motifs is 5. The fourth-order valence-corrected chi connectivity index (χ4v) is 10.2. The molecule has 4 aliphatic rings. The Morgan fingerprint density at radius 3 is 2.08 bits per heavy atom. The molecule has 11 atom stereocenters. The first-order valence-electron chi connectivity index (χ1n) is 20.6. The van der Waals surface area contributed by atoms with Crippen LogP contribution in [-0.2, 0) is 42.9 Å². The zero-order valence-corrected chi connectivity index (χ0v) is 35.6. The Morgan fingerprint density at radius 1 is 0.857 bits per heavy atom. The van der Waals surface area contributed by atoms with Crippen molar-refractivity contribution in [3.8, 4) is 5.75 Å². The largest absolute Gasteiger partial charge is 0.508 e. The molecule has 7 rings (SSSR count). The number of hydrogen-bond donors (Lipinski definition) is 5. The molecule has 2 unspecified atom stereocenters. The van der Waals surface area contributed by atoms with Gasteiger partial charge in [0.05, 0.1) is 35.6 Å². The van der Waals surface area contributed by atoms with Crippen LogP contribution in [0.15, 0.2) is 96.1 Å². The SMILES string of the molecule is CC(=O)O[C@H]1C(=O)[C@@]2(C)C(C(OC(=O)c3cccc(O)c3)[C@]3(O)C[C@H](OC(=O)[C@H](O)[C@@H](NC(=O)c4ccccc4)c4ccccc4)C(C)=C1C3(C)C)[C@]1(OC(C)=O)CO[C@@H]1C[C@@H]2O. The number of hydrogen-bond acceptors (Lipinski definition) is 15. The van der Waals surface area contributed by atoms with Gasteiger partial charge in [0.1, 0.15) is 29.7 Å². The molecule has 1 heterocycles. The first kappa shape index (κ1) is 45.1. The lowest BCUT2D eigenvalue weighted by Crippen LogP contribution is -2.82. The van der Waals surface area contributed by atoms with E-state index in [1.807, 2.05) is 0 Å². The molecule has 5 N–H and O–H groups in total. The number of phenols is 1. The number of ether oxygens (including phenoxy) is 5. The third kappa shape index (κ3) is 7.58. The second-order valence-electron chi connectivity index (χ2n) is 17.5. The number of benzene rings is 3. The molecule has 16 nitrogen and oxygen atoms in total. The molecule has 3 aliphatic carbocycles. The summed E-state index contributed by atoms with van der Waals surface area (Å²) in [6.45, 7) is 7.76. The number of nitrogens with one attached hydrogen (secondary N) is 1. The Labute approximate surface area is 363 Å². The number of rotatable bonds is 10. The van der Waals surface area contributed by atoms with E-state index in [-0.39, 0.29) is 41.1 Å². The number of ketones is 1. The number of esters is 4. The molecule has 0 aromatic heterocycles. The van der Waals surface area contributed by atoms with E-state index in [1.165, 1.54) is 45.9 Å². The number of aliphatic hydroxyl groups excluding tert-OH is 2. The average molecular weight is 870 g/mol. The van der Waals surface area contributed by atoms with Gasteiger partial charge < -0.3 is 49.4 Å². The smallest absolute Gasteiger partial charge is 0.338 e. The molecule has 63 heavy (non-hydrogen) atoms. The van der Waals surface area contributed by atoms with Crippen LogP contribution in [0.2, 0.25) is 0 Å². The van der Waals surface area contributed by atoms with Crippen molar-refractivity contribution in [2.75, 3.05) is 6.61 Å². The van der Waals surface area contributed by atoms with Gasteiger partial charge in [-0.25, -0.2) is 9.59 Å². The maximum Gasteiger partial charge on any atom is 0.338 e. The Bertz CT molecular complexity index is 2350. The monoisotopic (exact) mass is 869 g/mol. The van der Waals surface area contributed by atoms with Crippen LogP contribution >= 0.6 is 0 Å². The second kappa shape index (κ2) is 16.6. The molecular formula is C47H51NO15. The molecule has 3 fully saturated rings. The minimum atomic E-state index is -2.46. The lowest BCUT2D eigenvalue weighted by atomic mass is 9.44. The summed E-state index contributed by atoms with van der Waals surface area (Å²) in [5.41, 5.74) is -7.58. The number of carbonyl (C=O) groups excluding carboxylic acids is 6. The standard InChI is InChI=1S/C47H51NO15/c1-24-31(61-43(57)36(53)35(27-14-9-7-10-15-27)48-41(55)28-16-11-8-12-17-28)22-47(58)40(62-42(56)29-18-13-19-30(51)20-29)38-45(6,32(52)21-33-46(38,23-59-33)63-26(3)50)39(54)37(60-25(2)49)34(24)44(47,4)5/h7-20,31-33,35-38,40,51-53,58H,21-23H2,1-6H3,(H,48,55)/t31-,32-,33+,35-,36+,37+,38?,40?,45+,46-,47+/m0/s1. The van der Waals surface area contributed by atoms with E-state index >= 15 is 4.79 Å². The maximum atomic E-state index is 15.5. The predicted molar refractivity (Wildman–Crippen MR) is 219 cm³/mol. The maximum absolute atomic E-state index is 15.5. The van der Waals surface area contributed by atoms with Crippen molar-refractivity contribution in [3.63, 3.8) is 0 Å². The van der Waals surface area contributed by atoms with Crippen LogP contribution < -0.4 is 5.32 Å². The van der Waals surface area contributed by atoms with Crippen LogP contribution in [0.3, 0.4) is 0 Å². The van der Waals surface area contributed by atoms with E-state index in [2.05, 4.69) is 5.32 Å². The molecule has 3 aromatic rings. The molecular weight excluding hydrogens is 819 g/mol. The summed E-state index contributed by atoms with van der Waals surface area (Å²) in [6.07, 6.45) is -10.9. The van der Waals surface area contributed by atoms with Crippen LogP contribution in [0.1, 0.15) is 86.7 Å². The number of amides is 1. The van der Waals surface area contributed by atoms with Crippen molar-refractivity contribution in [3.05, 3.63) is 113 Å². The number of aliphatic hydroxyl groups is 3. The number of phenolic OH excluding ortho intramolecular Hbond substituents is 1. The third-order valence-corrected chi connectivity index (χ3v) is 13.6. The van der Waals surface area contributed by atoms with Gasteiger partial charge in [0, 0.05) is 37.7 Å². The summed E-state index contributed by atoms with van der Waals surface area (Å²) < 4.78 is 30.1. The minimum Gasteiger partial charge on any atom is -0.508 e. The van der Waals surface area contributed by atoms with Gasteiger partial charge in [-0.2, -0.15) is 0 Å². The van der Waals surface area contributed by atoms with E-state index in [9.17, 15) is 44.4 Å². The van der Waals surface area contributed by atoms with Gasteiger partial charge >= 0.3 is 23.9 Å². The molecule has 0 spiro atoms. The quantitative estimate of drug-likeness (QED) is 0.111. The summed E-state index contributed by atoms with van der Waals surface area (Å²) in [5, 5.41) is 50.5. The van der Waals surface area contributed by atoms with Gasteiger partial charge in [-0.3, -0.25) is 19.2 Å². The molecule has 2 saturated carbocycles. The summed E-state index contributed by atoms with van der Waals surface area (Å²) >= 11 is 0. The van der Waals surface area contributed by atoms with E-state index in [1.54, 1.807) is 60.7 Å². The first-order chi connectivity index (χ1) is 29.7. The van der Waals surface area contributed by atoms with E-state index in [0.29, 0.717) is 5.56 Å². The summed E-state index contributed by atoms with van der Waals surface area (Å²) in [4.78, 5) is 83.5. The first-order valence-corrected chi connectivity index (χ1v) is 20.6. The van der Waals surface area contributed by atoms with Crippen LogP contribution in [0.25, 0.3) is 0 Å². The molecule has 1 saturated heterocycles. The lowest BCUT2D eigenvalue weighted by Gasteiger charge is -2.67. The molecule has 3 aromatic carbocycles. The molecule has 1 amide bonds. The van der Waals surface area contributed by atoms with Crippen LogP contribution in [-0.4, -0.2) is 110 Å². The normalized spacial score (nSPS) is 31.5. The van der Waals surface area contributed by atoms with Crippen molar-refractivity contribution in [2.45, 2.75) is 108 Å². The van der Waals surface area contributed by atoms with Crippen molar-refractivity contribution in [2.24, 2.45) is 16.7 Å². The van der Waals surface area contributed by atoms with Crippen molar-refractivity contribution in [1.29, 1.82) is 0 Å². The van der Waals surface area contributed by atoms with Gasteiger partial charge in [-0.1, -0.05) is 68.4 Å². The zero-order valence-electron chi connectivity index (χ0n) is 35.6. The Hall–Kier alpha value is -5.94. The third-order valence-electron chi connectivity index (χ3n) is 13.6. The van der Waals surface area contributed by atoms with Crippen molar-refractivity contribution in [1.82, 2.24) is 5.32 Å². The molecule has 1 aliphatic heterocycles. The highest BCUT2D eigenvalue weighted by Gasteiger charge is 2.78. The predicted octanol–water partition coefficient (Wildman–Crippen LogP) is 3.44. The van der Waals surface area contributed by atoms with Crippen molar-refractivity contribution < 1.29 is 72.9 Å². The van der Waals surface area contributed by atoms with Gasteiger partial charge in [0.2, 0.25) is 0 Å². The Morgan fingerprint density at radius 2 is 1.49 bits per heavy atom. The molecule has 0 radical (unpaired) electrons. The highest BCUT2D eigenvalue weighted by Crippen LogP contribution is 2.64. The number of aromatic hydroxyl groups is 1. The van der Waals surface area contributed by atoms with Crippen LogP contribution in [0.5, 0.6) is 5.75 Å².